The summed E-state index contributed by atoms with van der Waals surface area (Å²) in [5.41, 5.74) is 6.34. The van der Waals surface area contributed by atoms with Crippen molar-refractivity contribution in [3.05, 3.63) is 11.7 Å². The van der Waals surface area contributed by atoms with E-state index in [2.05, 4.69) is 10.1 Å². The molecule has 2 bridgehead atoms. The van der Waals surface area contributed by atoms with Crippen molar-refractivity contribution in [1.29, 1.82) is 0 Å². The van der Waals surface area contributed by atoms with Crippen molar-refractivity contribution in [2.24, 2.45) is 17.6 Å². The molecule has 4 unspecified atom stereocenters. The summed E-state index contributed by atoms with van der Waals surface area (Å²) in [6.07, 6.45) is 5.81. The summed E-state index contributed by atoms with van der Waals surface area (Å²) in [6, 6.07) is 0.224. The van der Waals surface area contributed by atoms with E-state index < -0.39 is 0 Å². The smallest absolute Gasteiger partial charge is 0.231 e. The van der Waals surface area contributed by atoms with Crippen molar-refractivity contribution < 1.29 is 9.26 Å². The summed E-state index contributed by atoms with van der Waals surface area (Å²) in [6.45, 7) is 1.62. The number of hydrogen-bond donors (Lipinski definition) is 1. The Morgan fingerprint density at radius 3 is 2.58 bits per heavy atom. The number of rotatable bonds is 2. The summed E-state index contributed by atoms with van der Waals surface area (Å²) in [5.74, 6) is 3.71. The molecule has 4 rings (SSSR count). The minimum Gasteiger partial charge on any atom is -0.381 e. The Hall–Kier alpha value is -0.940. The number of hydrogen-bond acceptors (Lipinski definition) is 5. The van der Waals surface area contributed by atoms with Crippen LogP contribution < -0.4 is 5.73 Å². The van der Waals surface area contributed by atoms with E-state index in [0.29, 0.717) is 23.7 Å². The van der Waals surface area contributed by atoms with Crippen molar-refractivity contribution >= 4 is 0 Å². The SMILES string of the molecule is NC1C2CCC(C2)C1c1nc(C2CCOCC2)no1. The molecule has 3 aliphatic rings. The van der Waals surface area contributed by atoms with Gasteiger partial charge in [0.25, 0.3) is 0 Å². The number of nitrogens with two attached hydrogens (primary N) is 1. The van der Waals surface area contributed by atoms with Crippen LogP contribution >= 0.6 is 0 Å². The maximum absolute atomic E-state index is 6.34. The Bertz CT molecular complexity index is 453. The molecule has 0 aromatic carbocycles. The zero-order valence-corrected chi connectivity index (χ0v) is 11.1. The number of ether oxygens (including phenoxy) is 1. The quantitative estimate of drug-likeness (QED) is 0.880. The van der Waals surface area contributed by atoms with Crippen LogP contribution in [0.3, 0.4) is 0 Å². The fraction of sp³-hybridized carbons (Fsp3) is 0.857. The zero-order valence-electron chi connectivity index (χ0n) is 11.1. The first kappa shape index (κ1) is 11.9. The molecule has 5 heteroatoms. The van der Waals surface area contributed by atoms with E-state index in [0.717, 1.165) is 37.8 Å². The molecule has 2 saturated carbocycles. The lowest BCUT2D eigenvalue weighted by molar-refractivity contribution is 0.0830. The molecule has 1 saturated heterocycles. The molecule has 104 valence electrons. The van der Waals surface area contributed by atoms with Crippen LogP contribution in [0.15, 0.2) is 4.52 Å². The average Bonchev–Trinajstić information content (AvgIpc) is 3.14. The largest absolute Gasteiger partial charge is 0.381 e. The monoisotopic (exact) mass is 263 g/mol. The Kier molecular flexibility index (Phi) is 2.84. The molecule has 2 heterocycles. The summed E-state index contributed by atoms with van der Waals surface area (Å²) < 4.78 is 10.9. The number of aromatic nitrogens is 2. The Morgan fingerprint density at radius 2 is 1.84 bits per heavy atom. The van der Waals surface area contributed by atoms with E-state index in [1.807, 2.05) is 0 Å². The minimum absolute atomic E-state index is 0.224. The second-order valence-electron chi connectivity index (χ2n) is 6.31. The van der Waals surface area contributed by atoms with Crippen molar-refractivity contribution in [2.75, 3.05) is 13.2 Å². The van der Waals surface area contributed by atoms with Crippen LogP contribution in [-0.4, -0.2) is 29.4 Å². The van der Waals surface area contributed by atoms with Gasteiger partial charge in [0.1, 0.15) is 0 Å². The van der Waals surface area contributed by atoms with Gasteiger partial charge in [0.15, 0.2) is 5.82 Å². The minimum atomic E-state index is 0.224. The highest BCUT2D eigenvalue weighted by Gasteiger charge is 2.49. The van der Waals surface area contributed by atoms with Gasteiger partial charge in [-0.15, -0.1) is 0 Å². The van der Waals surface area contributed by atoms with E-state index >= 15 is 0 Å². The summed E-state index contributed by atoms with van der Waals surface area (Å²) in [7, 11) is 0. The van der Waals surface area contributed by atoms with Gasteiger partial charge in [-0.05, 0) is 43.9 Å². The van der Waals surface area contributed by atoms with Gasteiger partial charge in [-0.3, -0.25) is 0 Å². The summed E-state index contributed by atoms with van der Waals surface area (Å²) in [4.78, 5) is 4.67. The molecule has 1 aromatic heterocycles. The number of fused-ring (bicyclic) bond motifs is 2. The highest BCUT2D eigenvalue weighted by atomic mass is 16.5. The molecule has 2 aliphatic carbocycles. The van der Waals surface area contributed by atoms with Gasteiger partial charge in [0, 0.05) is 25.2 Å². The van der Waals surface area contributed by atoms with Gasteiger partial charge in [0.2, 0.25) is 5.89 Å². The molecule has 1 aliphatic heterocycles. The van der Waals surface area contributed by atoms with Gasteiger partial charge in [-0.1, -0.05) is 5.16 Å². The van der Waals surface area contributed by atoms with Crippen molar-refractivity contribution in [3.63, 3.8) is 0 Å². The van der Waals surface area contributed by atoms with E-state index in [-0.39, 0.29) is 6.04 Å². The maximum Gasteiger partial charge on any atom is 0.231 e. The number of nitrogens with zero attached hydrogens (tertiary/aromatic N) is 2. The third kappa shape index (κ3) is 1.91. The normalized spacial score (nSPS) is 39.0. The van der Waals surface area contributed by atoms with Gasteiger partial charge >= 0.3 is 0 Å². The first-order valence-corrected chi connectivity index (χ1v) is 7.50. The standard InChI is InChI=1S/C14H21N3O2/c15-12-10-2-1-9(7-10)11(12)14-16-13(17-19-14)8-3-5-18-6-4-8/h8-12H,1-7,15H2. The van der Waals surface area contributed by atoms with Crippen LogP contribution in [0.5, 0.6) is 0 Å². The molecule has 0 amide bonds. The predicted octanol–water partition coefficient (Wildman–Crippen LogP) is 1.80. The molecule has 0 spiro atoms. The third-order valence-electron chi connectivity index (χ3n) is 5.31. The van der Waals surface area contributed by atoms with Crippen LogP contribution in [-0.2, 0) is 4.74 Å². The second-order valence-corrected chi connectivity index (χ2v) is 6.31. The molecule has 2 N–H and O–H groups in total. The fourth-order valence-electron chi connectivity index (χ4n) is 4.21. The lowest BCUT2D eigenvalue weighted by Gasteiger charge is -2.24. The maximum atomic E-state index is 6.34. The van der Waals surface area contributed by atoms with Crippen molar-refractivity contribution in [3.8, 4) is 0 Å². The van der Waals surface area contributed by atoms with Crippen molar-refractivity contribution in [1.82, 2.24) is 10.1 Å². The first-order chi connectivity index (χ1) is 9.33. The van der Waals surface area contributed by atoms with E-state index in [1.165, 1.54) is 19.3 Å². The molecule has 3 fully saturated rings. The lowest BCUT2D eigenvalue weighted by atomic mass is 9.85. The average molecular weight is 263 g/mol. The van der Waals surface area contributed by atoms with Crippen LogP contribution in [0, 0.1) is 11.8 Å². The van der Waals surface area contributed by atoms with E-state index in [9.17, 15) is 0 Å². The van der Waals surface area contributed by atoms with Crippen molar-refractivity contribution in [2.45, 2.75) is 50.0 Å². The van der Waals surface area contributed by atoms with Crippen LogP contribution in [0.25, 0.3) is 0 Å². The molecule has 1 aromatic rings. The van der Waals surface area contributed by atoms with Crippen LogP contribution in [0.2, 0.25) is 0 Å². The van der Waals surface area contributed by atoms with E-state index in [1.54, 1.807) is 0 Å². The summed E-state index contributed by atoms with van der Waals surface area (Å²) in [5, 5.41) is 4.21. The molecule has 0 radical (unpaired) electrons. The van der Waals surface area contributed by atoms with Gasteiger partial charge in [0.05, 0.1) is 5.92 Å². The molecule has 5 nitrogen and oxygen atoms in total. The third-order valence-corrected chi connectivity index (χ3v) is 5.31. The van der Waals surface area contributed by atoms with Crippen LogP contribution in [0.1, 0.15) is 55.7 Å². The van der Waals surface area contributed by atoms with Gasteiger partial charge in [-0.2, -0.15) is 4.98 Å². The van der Waals surface area contributed by atoms with Gasteiger partial charge < -0.3 is 15.0 Å². The first-order valence-electron chi connectivity index (χ1n) is 7.50. The fourth-order valence-corrected chi connectivity index (χ4v) is 4.21. The highest BCUT2D eigenvalue weighted by molar-refractivity contribution is 5.12. The second kappa shape index (κ2) is 4.56. The van der Waals surface area contributed by atoms with Crippen LogP contribution in [0.4, 0.5) is 0 Å². The predicted molar refractivity (Wildman–Crippen MR) is 68.6 cm³/mol. The summed E-state index contributed by atoms with van der Waals surface area (Å²) >= 11 is 0. The molecular formula is C14H21N3O2. The Labute approximate surface area is 112 Å². The van der Waals surface area contributed by atoms with E-state index in [4.69, 9.17) is 15.0 Å². The molecule has 19 heavy (non-hydrogen) atoms. The topological polar surface area (TPSA) is 74.2 Å². The lowest BCUT2D eigenvalue weighted by Crippen LogP contribution is -2.34. The highest BCUT2D eigenvalue weighted by Crippen LogP contribution is 2.51. The van der Waals surface area contributed by atoms with Gasteiger partial charge in [-0.25, -0.2) is 0 Å². The zero-order chi connectivity index (χ0) is 12.8. The molecular weight excluding hydrogens is 242 g/mol. The Morgan fingerprint density at radius 1 is 1.05 bits per heavy atom. The molecule has 4 atom stereocenters. The Balaban J connectivity index is 1.54.